The minimum atomic E-state index is -0.451. The number of amides is 1. The molecular weight excluding hydrogens is 301 g/mol. The fourth-order valence-corrected chi connectivity index (χ4v) is 2.77. The second-order valence-corrected chi connectivity index (χ2v) is 5.48. The predicted octanol–water partition coefficient (Wildman–Crippen LogP) is 3.50. The van der Waals surface area contributed by atoms with Gasteiger partial charge in [0.05, 0.1) is 17.0 Å². The van der Waals surface area contributed by atoms with Crippen molar-refractivity contribution >= 4 is 34.3 Å². The van der Waals surface area contributed by atoms with E-state index in [1.54, 1.807) is 12.1 Å². The van der Waals surface area contributed by atoms with Crippen LogP contribution < -0.4 is 5.32 Å². The standard InChI is InChI=1S/C16H12FN3OS/c17-12-6-2-4-8-14(12)20-15(21)9-22-16-11-5-1-3-7-13(11)18-10-19-16/h1-8,10H,9H2,(H,20,21). The molecule has 0 unspecified atom stereocenters. The van der Waals surface area contributed by atoms with Crippen molar-refractivity contribution in [2.24, 2.45) is 0 Å². The summed E-state index contributed by atoms with van der Waals surface area (Å²) >= 11 is 1.30. The number of hydrogen-bond acceptors (Lipinski definition) is 4. The maximum atomic E-state index is 13.5. The fraction of sp³-hybridized carbons (Fsp3) is 0.0625. The molecule has 0 spiro atoms. The van der Waals surface area contributed by atoms with E-state index in [1.807, 2.05) is 24.3 Å². The minimum absolute atomic E-state index is 0.148. The number of aromatic nitrogens is 2. The summed E-state index contributed by atoms with van der Waals surface area (Å²) < 4.78 is 13.5. The number of halogens is 1. The third-order valence-corrected chi connectivity index (χ3v) is 4.00. The predicted molar refractivity (Wildman–Crippen MR) is 85.3 cm³/mol. The Bertz CT molecular complexity index is 820. The highest BCUT2D eigenvalue weighted by Gasteiger charge is 2.09. The second-order valence-electron chi connectivity index (χ2n) is 4.51. The van der Waals surface area contributed by atoms with Gasteiger partial charge in [-0.1, -0.05) is 42.1 Å². The Morgan fingerprint density at radius 2 is 1.86 bits per heavy atom. The van der Waals surface area contributed by atoms with E-state index in [1.165, 1.54) is 30.2 Å². The van der Waals surface area contributed by atoms with Crippen LogP contribution in [0.3, 0.4) is 0 Å². The lowest BCUT2D eigenvalue weighted by Gasteiger charge is -2.07. The van der Waals surface area contributed by atoms with Crippen molar-refractivity contribution in [1.29, 1.82) is 0 Å². The van der Waals surface area contributed by atoms with Gasteiger partial charge in [-0.05, 0) is 18.2 Å². The van der Waals surface area contributed by atoms with Crippen molar-refractivity contribution in [3.05, 3.63) is 60.7 Å². The first-order valence-electron chi connectivity index (χ1n) is 6.61. The molecule has 0 saturated heterocycles. The summed E-state index contributed by atoms with van der Waals surface area (Å²) in [4.78, 5) is 20.3. The summed E-state index contributed by atoms with van der Waals surface area (Å²) in [5.74, 6) is -0.582. The topological polar surface area (TPSA) is 54.9 Å². The van der Waals surface area contributed by atoms with Gasteiger partial charge in [-0.3, -0.25) is 4.79 Å². The van der Waals surface area contributed by atoms with E-state index in [0.717, 1.165) is 15.9 Å². The molecule has 0 fully saturated rings. The molecule has 2 aromatic carbocycles. The monoisotopic (exact) mass is 313 g/mol. The molecule has 1 aromatic heterocycles. The molecule has 3 rings (SSSR count). The van der Waals surface area contributed by atoms with Crippen molar-refractivity contribution < 1.29 is 9.18 Å². The van der Waals surface area contributed by atoms with Crippen LogP contribution in [0.5, 0.6) is 0 Å². The summed E-state index contributed by atoms with van der Waals surface area (Å²) in [6.07, 6.45) is 1.47. The van der Waals surface area contributed by atoms with Crippen molar-refractivity contribution in [2.45, 2.75) is 5.03 Å². The Morgan fingerprint density at radius 3 is 2.73 bits per heavy atom. The molecule has 1 heterocycles. The van der Waals surface area contributed by atoms with Crippen molar-refractivity contribution in [3.8, 4) is 0 Å². The number of anilines is 1. The molecule has 0 aliphatic rings. The van der Waals surface area contributed by atoms with Gasteiger partial charge in [0.1, 0.15) is 17.2 Å². The third-order valence-electron chi connectivity index (χ3n) is 2.99. The first-order valence-corrected chi connectivity index (χ1v) is 7.59. The highest BCUT2D eigenvalue weighted by molar-refractivity contribution is 8.00. The number of nitrogens with one attached hydrogen (secondary N) is 1. The molecule has 110 valence electrons. The number of benzene rings is 2. The van der Waals surface area contributed by atoms with Crippen molar-refractivity contribution in [2.75, 3.05) is 11.1 Å². The van der Waals surface area contributed by atoms with Crippen LogP contribution in [0.25, 0.3) is 10.9 Å². The first-order chi connectivity index (χ1) is 10.7. The van der Waals surface area contributed by atoms with Crippen LogP contribution in [-0.2, 0) is 4.79 Å². The van der Waals surface area contributed by atoms with E-state index in [4.69, 9.17) is 0 Å². The molecule has 22 heavy (non-hydrogen) atoms. The quantitative estimate of drug-likeness (QED) is 0.591. The van der Waals surface area contributed by atoms with Gasteiger partial charge >= 0.3 is 0 Å². The van der Waals surface area contributed by atoms with Crippen LogP contribution in [0.1, 0.15) is 0 Å². The Hall–Kier alpha value is -2.47. The van der Waals surface area contributed by atoms with Gasteiger partial charge in [-0.2, -0.15) is 0 Å². The van der Waals surface area contributed by atoms with E-state index >= 15 is 0 Å². The van der Waals surface area contributed by atoms with Gasteiger partial charge in [0.15, 0.2) is 0 Å². The number of fused-ring (bicyclic) bond motifs is 1. The van der Waals surface area contributed by atoms with Crippen LogP contribution in [-0.4, -0.2) is 21.6 Å². The molecule has 4 nitrogen and oxygen atoms in total. The van der Waals surface area contributed by atoms with Crippen LogP contribution in [0, 0.1) is 5.82 Å². The van der Waals surface area contributed by atoms with Gasteiger partial charge in [-0.25, -0.2) is 14.4 Å². The lowest BCUT2D eigenvalue weighted by molar-refractivity contribution is -0.113. The lowest BCUT2D eigenvalue weighted by Crippen LogP contribution is -2.15. The van der Waals surface area contributed by atoms with E-state index in [0.29, 0.717) is 0 Å². The van der Waals surface area contributed by atoms with Gasteiger partial charge < -0.3 is 5.32 Å². The highest BCUT2D eigenvalue weighted by atomic mass is 32.2. The average molecular weight is 313 g/mol. The number of para-hydroxylation sites is 2. The first kappa shape index (κ1) is 14.5. The minimum Gasteiger partial charge on any atom is -0.323 e. The van der Waals surface area contributed by atoms with Crippen LogP contribution in [0.2, 0.25) is 0 Å². The zero-order valence-corrected chi connectivity index (χ0v) is 12.3. The molecule has 0 radical (unpaired) electrons. The largest absolute Gasteiger partial charge is 0.323 e. The maximum absolute atomic E-state index is 13.5. The smallest absolute Gasteiger partial charge is 0.234 e. The molecular formula is C16H12FN3OS. The Kier molecular flexibility index (Phi) is 4.29. The average Bonchev–Trinajstić information content (AvgIpc) is 2.55. The molecule has 0 aliphatic carbocycles. The maximum Gasteiger partial charge on any atom is 0.234 e. The van der Waals surface area contributed by atoms with Gasteiger partial charge in [0.25, 0.3) is 0 Å². The molecule has 1 amide bonds. The summed E-state index contributed by atoms with van der Waals surface area (Å²) in [5.41, 5.74) is 1.01. The van der Waals surface area contributed by atoms with Gasteiger partial charge in [-0.15, -0.1) is 0 Å². The van der Waals surface area contributed by atoms with E-state index in [9.17, 15) is 9.18 Å². The molecule has 0 saturated carbocycles. The van der Waals surface area contributed by atoms with Gasteiger partial charge in [0.2, 0.25) is 5.91 Å². The van der Waals surface area contributed by atoms with Crippen molar-refractivity contribution in [1.82, 2.24) is 9.97 Å². The number of hydrogen-bond donors (Lipinski definition) is 1. The summed E-state index contributed by atoms with van der Waals surface area (Å²) in [6, 6.07) is 13.7. The fourth-order valence-electron chi connectivity index (χ4n) is 1.98. The van der Waals surface area contributed by atoms with Crippen LogP contribution in [0.15, 0.2) is 59.9 Å². The molecule has 6 heteroatoms. The number of carbonyl (C=O) groups is 1. The number of thioether (sulfide) groups is 1. The number of carbonyl (C=O) groups excluding carboxylic acids is 1. The summed E-state index contributed by atoms with van der Waals surface area (Å²) in [5, 5.41) is 4.18. The normalized spacial score (nSPS) is 10.6. The van der Waals surface area contributed by atoms with E-state index in [2.05, 4.69) is 15.3 Å². The molecule has 0 bridgehead atoms. The zero-order valence-electron chi connectivity index (χ0n) is 11.5. The summed E-state index contributed by atoms with van der Waals surface area (Å²) in [7, 11) is 0. The molecule has 1 N–H and O–H groups in total. The Balaban J connectivity index is 1.69. The molecule has 3 aromatic rings. The van der Waals surface area contributed by atoms with E-state index < -0.39 is 5.82 Å². The summed E-state index contributed by atoms with van der Waals surface area (Å²) in [6.45, 7) is 0. The molecule has 0 aliphatic heterocycles. The SMILES string of the molecule is O=C(CSc1ncnc2ccccc12)Nc1ccccc1F. The Labute approximate surface area is 130 Å². The lowest BCUT2D eigenvalue weighted by atomic mass is 10.2. The second kappa shape index (κ2) is 6.53. The van der Waals surface area contributed by atoms with Crippen LogP contribution in [0.4, 0.5) is 10.1 Å². The third kappa shape index (κ3) is 3.23. The number of nitrogens with zero attached hydrogens (tertiary/aromatic N) is 2. The highest BCUT2D eigenvalue weighted by Crippen LogP contribution is 2.24. The zero-order chi connectivity index (χ0) is 15.4. The molecule has 0 atom stereocenters. The van der Waals surface area contributed by atoms with E-state index in [-0.39, 0.29) is 17.3 Å². The Morgan fingerprint density at radius 1 is 1.09 bits per heavy atom. The van der Waals surface area contributed by atoms with Crippen LogP contribution >= 0.6 is 11.8 Å². The van der Waals surface area contributed by atoms with Crippen molar-refractivity contribution in [3.63, 3.8) is 0 Å². The van der Waals surface area contributed by atoms with Gasteiger partial charge in [0, 0.05) is 5.39 Å². The number of rotatable bonds is 4.